The molecule has 0 bridgehead atoms. The summed E-state index contributed by atoms with van der Waals surface area (Å²) in [6.07, 6.45) is -0.598. The number of guanidine groups is 1. The van der Waals surface area contributed by atoms with Gasteiger partial charge < -0.3 is 15.1 Å². The SMILES string of the molecule is CN=C(NCCCCN1CC(C)CC(C)C1)N1CCN(C(C)C(F)(F)F)CC1.I. The second-order valence-corrected chi connectivity index (χ2v) is 8.63. The average Bonchev–Trinajstić information content (AvgIpc) is 2.63. The van der Waals surface area contributed by atoms with Gasteiger partial charge in [-0.05, 0) is 44.6 Å². The maximum atomic E-state index is 12.9. The van der Waals surface area contributed by atoms with Gasteiger partial charge >= 0.3 is 6.18 Å². The minimum Gasteiger partial charge on any atom is -0.356 e. The van der Waals surface area contributed by atoms with Crippen molar-refractivity contribution in [1.29, 1.82) is 0 Å². The van der Waals surface area contributed by atoms with Crippen molar-refractivity contribution in [2.24, 2.45) is 16.8 Å². The van der Waals surface area contributed by atoms with Gasteiger partial charge in [-0.25, -0.2) is 0 Å². The summed E-state index contributed by atoms with van der Waals surface area (Å²) in [6.45, 7) is 12.3. The molecule has 0 aromatic rings. The number of hydrogen-bond acceptors (Lipinski definition) is 3. The van der Waals surface area contributed by atoms with Crippen molar-refractivity contribution in [2.75, 3.05) is 59.4 Å². The number of aliphatic imine (C=N–C) groups is 1. The Bertz CT molecular complexity index is 485. The molecule has 2 saturated heterocycles. The van der Waals surface area contributed by atoms with Crippen molar-refractivity contribution in [3.05, 3.63) is 0 Å². The standard InChI is InChI=1S/C20H38F3N5.HI/c1-16-13-17(2)15-26(14-16)8-6-5-7-25-19(24-4)28-11-9-27(10-12-28)18(3)20(21,22)23;/h16-18H,5-15H2,1-4H3,(H,24,25);1H. The molecule has 2 heterocycles. The van der Waals surface area contributed by atoms with Gasteiger partial charge in [0.15, 0.2) is 5.96 Å². The van der Waals surface area contributed by atoms with Crippen molar-refractivity contribution in [2.45, 2.75) is 52.3 Å². The number of nitrogens with zero attached hydrogens (tertiary/aromatic N) is 4. The van der Waals surface area contributed by atoms with Crippen LogP contribution < -0.4 is 5.32 Å². The van der Waals surface area contributed by atoms with Crippen molar-refractivity contribution < 1.29 is 13.2 Å². The van der Waals surface area contributed by atoms with E-state index in [0.29, 0.717) is 26.2 Å². The fourth-order valence-corrected chi connectivity index (χ4v) is 4.50. The van der Waals surface area contributed by atoms with E-state index < -0.39 is 12.2 Å². The second-order valence-electron chi connectivity index (χ2n) is 8.63. The van der Waals surface area contributed by atoms with Crippen LogP contribution in [-0.4, -0.2) is 92.3 Å². The number of alkyl halides is 3. The van der Waals surface area contributed by atoms with Gasteiger partial charge in [0.1, 0.15) is 6.04 Å². The summed E-state index contributed by atoms with van der Waals surface area (Å²) < 4.78 is 38.6. The molecule has 0 aromatic heterocycles. The van der Waals surface area contributed by atoms with E-state index in [9.17, 15) is 13.2 Å². The first-order valence-electron chi connectivity index (χ1n) is 10.7. The molecule has 0 aromatic carbocycles. The molecule has 2 rings (SSSR count). The van der Waals surface area contributed by atoms with Crippen molar-refractivity contribution in [3.63, 3.8) is 0 Å². The van der Waals surface area contributed by atoms with E-state index in [1.54, 1.807) is 7.05 Å². The Kier molecular flexibility index (Phi) is 11.6. The number of piperazine rings is 1. The molecule has 5 nitrogen and oxygen atoms in total. The molecule has 0 amide bonds. The second kappa shape index (κ2) is 12.5. The van der Waals surface area contributed by atoms with Gasteiger partial charge in [0.25, 0.3) is 0 Å². The lowest BCUT2D eigenvalue weighted by Crippen LogP contribution is -2.56. The molecule has 172 valence electrons. The monoisotopic (exact) mass is 533 g/mol. The predicted molar refractivity (Wildman–Crippen MR) is 124 cm³/mol. The van der Waals surface area contributed by atoms with Gasteiger partial charge in [-0.1, -0.05) is 13.8 Å². The fraction of sp³-hybridized carbons (Fsp3) is 0.950. The molecule has 0 saturated carbocycles. The molecule has 2 aliphatic rings. The van der Waals surface area contributed by atoms with Crippen molar-refractivity contribution in [3.8, 4) is 0 Å². The van der Waals surface area contributed by atoms with Gasteiger partial charge in [-0.2, -0.15) is 13.2 Å². The summed E-state index contributed by atoms with van der Waals surface area (Å²) in [6, 6.07) is -1.38. The summed E-state index contributed by atoms with van der Waals surface area (Å²) in [4.78, 5) is 10.5. The van der Waals surface area contributed by atoms with Crippen LogP contribution in [-0.2, 0) is 0 Å². The van der Waals surface area contributed by atoms with Crippen molar-refractivity contribution >= 4 is 29.9 Å². The van der Waals surface area contributed by atoms with Crippen LogP contribution >= 0.6 is 24.0 Å². The van der Waals surface area contributed by atoms with Crippen LogP contribution in [0.2, 0.25) is 0 Å². The van der Waals surface area contributed by atoms with E-state index in [0.717, 1.165) is 43.7 Å². The van der Waals surface area contributed by atoms with Crippen LogP contribution in [0.25, 0.3) is 0 Å². The predicted octanol–water partition coefficient (Wildman–Crippen LogP) is 3.51. The minimum atomic E-state index is -4.16. The molecule has 29 heavy (non-hydrogen) atoms. The first kappa shape index (κ1) is 26.7. The van der Waals surface area contributed by atoms with Gasteiger partial charge in [-0.3, -0.25) is 9.89 Å². The number of nitrogens with one attached hydrogen (secondary N) is 1. The molecule has 0 radical (unpaired) electrons. The summed E-state index contributed by atoms with van der Waals surface area (Å²) >= 11 is 0. The molecular formula is C20H39F3IN5. The van der Waals surface area contributed by atoms with Crippen molar-refractivity contribution in [1.82, 2.24) is 20.0 Å². The molecule has 1 N–H and O–H groups in total. The van der Waals surface area contributed by atoms with Gasteiger partial charge in [0.05, 0.1) is 0 Å². The molecule has 3 unspecified atom stereocenters. The lowest BCUT2D eigenvalue weighted by atomic mass is 9.92. The third-order valence-corrected chi connectivity index (χ3v) is 5.98. The van der Waals surface area contributed by atoms with E-state index in [4.69, 9.17) is 0 Å². The number of rotatable bonds is 6. The Labute approximate surface area is 191 Å². The van der Waals surface area contributed by atoms with Crippen LogP contribution in [0, 0.1) is 11.8 Å². The molecule has 2 fully saturated rings. The van der Waals surface area contributed by atoms with E-state index in [-0.39, 0.29) is 24.0 Å². The highest BCUT2D eigenvalue weighted by atomic mass is 127. The highest BCUT2D eigenvalue weighted by molar-refractivity contribution is 14.0. The molecule has 3 atom stereocenters. The Hall–Kier alpha value is -0.290. The summed E-state index contributed by atoms with van der Waals surface area (Å²) in [5, 5.41) is 3.39. The number of likely N-dealkylation sites (tertiary alicyclic amines) is 1. The van der Waals surface area contributed by atoms with Crippen LogP contribution in [0.1, 0.15) is 40.0 Å². The molecule has 2 aliphatic heterocycles. The average molecular weight is 533 g/mol. The van der Waals surface area contributed by atoms with Gasteiger partial charge in [0.2, 0.25) is 0 Å². The molecule has 0 spiro atoms. The van der Waals surface area contributed by atoms with E-state index in [1.165, 1.54) is 31.3 Å². The Morgan fingerprint density at radius 1 is 1.07 bits per heavy atom. The Morgan fingerprint density at radius 2 is 1.66 bits per heavy atom. The number of unbranched alkanes of at least 4 members (excludes halogenated alkanes) is 1. The highest BCUT2D eigenvalue weighted by Crippen LogP contribution is 2.25. The van der Waals surface area contributed by atoms with E-state index >= 15 is 0 Å². The topological polar surface area (TPSA) is 34.1 Å². The zero-order valence-electron chi connectivity index (χ0n) is 18.3. The lowest BCUT2D eigenvalue weighted by molar-refractivity contribution is -0.181. The van der Waals surface area contributed by atoms with Crippen LogP contribution in [0.15, 0.2) is 4.99 Å². The Morgan fingerprint density at radius 3 is 2.17 bits per heavy atom. The first-order chi connectivity index (χ1) is 13.2. The Balaban J connectivity index is 0.00000420. The smallest absolute Gasteiger partial charge is 0.356 e. The lowest BCUT2D eigenvalue weighted by Gasteiger charge is -2.39. The van der Waals surface area contributed by atoms with Gasteiger partial charge in [0, 0.05) is 52.9 Å². The van der Waals surface area contributed by atoms with Crippen LogP contribution in [0.5, 0.6) is 0 Å². The summed E-state index contributed by atoms with van der Waals surface area (Å²) in [5.41, 5.74) is 0. The molecule has 0 aliphatic carbocycles. The van der Waals surface area contributed by atoms with Crippen LogP contribution in [0.3, 0.4) is 0 Å². The maximum Gasteiger partial charge on any atom is 0.403 e. The third kappa shape index (κ3) is 8.77. The van der Waals surface area contributed by atoms with E-state index in [2.05, 4.69) is 34.0 Å². The zero-order valence-corrected chi connectivity index (χ0v) is 20.7. The van der Waals surface area contributed by atoms with Gasteiger partial charge in [-0.15, -0.1) is 24.0 Å². The normalized spacial score (nSPS) is 26.2. The fourth-order valence-electron chi connectivity index (χ4n) is 4.50. The molecular weight excluding hydrogens is 494 g/mol. The zero-order chi connectivity index (χ0) is 20.7. The maximum absolute atomic E-state index is 12.9. The molecule has 9 heteroatoms. The summed E-state index contributed by atoms with van der Waals surface area (Å²) in [7, 11) is 1.74. The third-order valence-electron chi connectivity index (χ3n) is 5.98. The van der Waals surface area contributed by atoms with E-state index in [1.807, 2.05) is 0 Å². The number of hydrogen-bond donors (Lipinski definition) is 1. The number of piperidine rings is 1. The summed E-state index contributed by atoms with van der Waals surface area (Å²) in [5.74, 6) is 2.39. The number of halogens is 4. The largest absolute Gasteiger partial charge is 0.403 e. The quantitative estimate of drug-likeness (QED) is 0.245. The highest BCUT2D eigenvalue weighted by Gasteiger charge is 2.41. The first-order valence-corrected chi connectivity index (χ1v) is 10.7. The van der Waals surface area contributed by atoms with Crippen LogP contribution in [0.4, 0.5) is 13.2 Å². The minimum absolute atomic E-state index is 0.